The number of hydrogen-bond donors (Lipinski definition) is 0. The van der Waals surface area contributed by atoms with E-state index in [1.807, 2.05) is 83.8 Å². The van der Waals surface area contributed by atoms with Crippen molar-refractivity contribution in [1.29, 1.82) is 0 Å². The van der Waals surface area contributed by atoms with Gasteiger partial charge in [-0.2, -0.15) is 0 Å². The fourth-order valence-corrected chi connectivity index (χ4v) is 4.53. The molecular weight excluding hydrogens is 424 g/mol. The molecule has 0 N–H and O–H groups in total. The lowest BCUT2D eigenvalue weighted by molar-refractivity contribution is -0.136. The number of aryl methyl sites for hydroxylation is 1. The molecule has 5 nitrogen and oxygen atoms in total. The van der Waals surface area contributed by atoms with E-state index in [2.05, 4.69) is 12.1 Å². The number of benzene rings is 3. The maximum Gasteiger partial charge on any atom is 0.410 e. The highest BCUT2D eigenvalue weighted by Gasteiger charge is 2.41. The molecule has 0 aliphatic carbocycles. The maximum atomic E-state index is 13.1. The molecule has 4 rings (SSSR count). The normalized spacial score (nSPS) is 14.9. The Hall–Kier alpha value is -3.60. The Kier molecular flexibility index (Phi) is 7.63. The van der Waals surface area contributed by atoms with Crippen molar-refractivity contribution in [2.45, 2.75) is 37.8 Å². The molecule has 5 heteroatoms. The SMILES string of the molecule is CN(Cc1ccccc1)C(=O)OC1(c2ccccc2)CCN(C(=O)CCc2ccccc2)CC1. The average Bonchev–Trinajstić information content (AvgIpc) is 2.89. The van der Waals surface area contributed by atoms with Crippen molar-refractivity contribution in [2.24, 2.45) is 0 Å². The Morgan fingerprint density at radius 1 is 0.824 bits per heavy atom. The maximum absolute atomic E-state index is 13.1. The molecular formula is C29H32N2O3. The number of ether oxygens (including phenoxy) is 1. The molecule has 1 aliphatic heterocycles. The van der Waals surface area contributed by atoms with Crippen LogP contribution in [0.25, 0.3) is 0 Å². The van der Waals surface area contributed by atoms with Crippen molar-refractivity contribution >= 4 is 12.0 Å². The molecule has 0 atom stereocenters. The van der Waals surface area contributed by atoms with Crippen LogP contribution in [0.3, 0.4) is 0 Å². The molecule has 3 aromatic carbocycles. The van der Waals surface area contributed by atoms with E-state index in [0.717, 1.165) is 17.5 Å². The summed E-state index contributed by atoms with van der Waals surface area (Å²) in [6, 6.07) is 29.9. The van der Waals surface area contributed by atoms with E-state index >= 15 is 0 Å². The fourth-order valence-electron chi connectivity index (χ4n) is 4.53. The predicted octanol–water partition coefficient (Wildman–Crippen LogP) is 5.41. The smallest absolute Gasteiger partial charge is 0.410 e. The number of nitrogens with zero attached hydrogens (tertiary/aromatic N) is 2. The van der Waals surface area contributed by atoms with Gasteiger partial charge in [-0.25, -0.2) is 4.79 Å². The number of amides is 2. The third-order valence-electron chi connectivity index (χ3n) is 6.55. The largest absolute Gasteiger partial charge is 0.438 e. The molecule has 176 valence electrons. The molecule has 34 heavy (non-hydrogen) atoms. The van der Waals surface area contributed by atoms with Gasteiger partial charge in [0.25, 0.3) is 0 Å². The summed E-state index contributed by atoms with van der Waals surface area (Å²) in [7, 11) is 1.76. The van der Waals surface area contributed by atoms with Gasteiger partial charge in [-0.05, 0) is 23.1 Å². The zero-order valence-electron chi connectivity index (χ0n) is 19.7. The second-order valence-corrected chi connectivity index (χ2v) is 8.94. The highest BCUT2D eigenvalue weighted by Crippen LogP contribution is 2.37. The first-order valence-corrected chi connectivity index (χ1v) is 11.9. The van der Waals surface area contributed by atoms with E-state index in [1.54, 1.807) is 11.9 Å². The molecule has 1 heterocycles. The predicted molar refractivity (Wildman–Crippen MR) is 133 cm³/mol. The molecule has 0 aromatic heterocycles. The first-order valence-electron chi connectivity index (χ1n) is 11.9. The summed E-state index contributed by atoms with van der Waals surface area (Å²) in [6.07, 6.45) is 2.04. The van der Waals surface area contributed by atoms with Gasteiger partial charge >= 0.3 is 6.09 Å². The third kappa shape index (κ3) is 5.84. The van der Waals surface area contributed by atoms with Crippen molar-refractivity contribution in [3.05, 3.63) is 108 Å². The Morgan fingerprint density at radius 3 is 1.94 bits per heavy atom. The van der Waals surface area contributed by atoms with Crippen LogP contribution >= 0.6 is 0 Å². The second-order valence-electron chi connectivity index (χ2n) is 8.94. The minimum Gasteiger partial charge on any atom is -0.438 e. The van der Waals surface area contributed by atoms with Crippen LogP contribution in [-0.4, -0.2) is 41.9 Å². The van der Waals surface area contributed by atoms with Gasteiger partial charge in [0.05, 0.1) is 0 Å². The lowest BCUT2D eigenvalue weighted by Crippen LogP contribution is -2.48. The van der Waals surface area contributed by atoms with E-state index in [4.69, 9.17) is 4.74 Å². The van der Waals surface area contributed by atoms with Crippen LogP contribution in [0.1, 0.15) is 36.0 Å². The molecule has 0 saturated carbocycles. The van der Waals surface area contributed by atoms with Crippen molar-refractivity contribution in [1.82, 2.24) is 9.80 Å². The summed E-state index contributed by atoms with van der Waals surface area (Å²) in [5.41, 5.74) is 2.46. The molecule has 1 fully saturated rings. The molecule has 1 aliphatic rings. The van der Waals surface area contributed by atoms with Gasteiger partial charge in [0.2, 0.25) is 5.91 Å². The van der Waals surface area contributed by atoms with Crippen LogP contribution in [0.15, 0.2) is 91.0 Å². The van der Waals surface area contributed by atoms with Crippen molar-refractivity contribution in [3.63, 3.8) is 0 Å². The lowest BCUT2D eigenvalue weighted by Gasteiger charge is -2.42. The van der Waals surface area contributed by atoms with Crippen LogP contribution < -0.4 is 0 Å². The minimum atomic E-state index is -0.737. The Balaban J connectivity index is 1.41. The molecule has 0 radical (unpaired) electrons. The van der Waals surface area contributed by atoms with E-state index in [1.165, 1.54) is 5.56 Å². The fraction of sp³-hybridized carbons (Fsp3) is 0.310. The summed E-state index contributed by atoms with van der Waals surface area (Å²) in [5, 5.41) is 0. The number of piperidine rings is 1. The summed E-state index contributed by atoms with van der Waals surface area (Å²) < 4.78 is 6.21. The van der Waals surface area contributed by atoms with E-state index in [0.29, 0.717) is 38.9 Å². The number of carbonyl (C=O) groups is 2. The van der Waals surface area contributed by atoms with Crippen LogP contribution in [-0.2, 0) is 28.1 Å². The standard InChI is InChI=1S/C29H32N2O3/c1-30(23-25-13-7-3-8-14-25)28(33)34-29(26-15-9-4-10-16-26)19-21-31(22-20-29)27(32)18-17-24-11-5-2-6-12-24/h2-16H,17-23H2,1H3. The average molecular weight is 457 g/mol. The Morgan fingerprint density at radius 2 is 1.35 bits per heavy atom. The van der Waals surface area contributed by atoms with Gasteiger partial charge in [-0.15, -0.1) is 0 Å². The molecule has 2 amide bonds. The zero-order valence-corrected chi connectivity index (χ0v) is 19.7. The summed E-state index contributed by atoms with van der Waals surface area (Å²) in [6.45, 7) is 1.62. The Labute approximate surface area is 202 Å². The number of rotatable bonds is 7. The Bertz CT molecular complexity index is 1060. The number of hydrogen-bond acceptors (Lipinski definition) is 3. The van der Waals surface area contributed by atoms with Gasteiger partial charge in [0, 0.05) is 45.9 Å². The molecule has 0 bridgehead atoms. The summed E-state index contributed by atoms with van der Waals surface area (Å²) >= 11 is 0. The number of carbonyl (C=O) groups excluding carboxylic acids is 2. The highest BCUT2D eigenvalue weighted by atomic mass is 16.6. The second kappa shape index (κ2) is 11.0. The van der Waals surface area contributed by atoms with Crippen molar-refractivity contribution < 1.29 is 14.3 Å². The minimum absolute atomic E-state index is 0.151. The number of likely N-dealkylation sites (tertiary alicyclic amines) is 1. The highest BCUT2D eigenvalue weighted by molar-refractivity contribution is 5.76. The van der Waals surface area contributed by atoms with E-state index in [-0.39, 0.29) is 12.0 Å². The van der Waals surface area contributed by atoms with Gasteiger partial charge < -0.3 is 14.5 Å². The topological polar surface area (TPSA) is 49.9 Å². The van der Waals surface area contributed by atoms with Crippen molar-refractivity contribution in [3.8, 4) is 0 Å². The van der Waals surface area contributed by atoms with Crippen molar-refractivity contribution in [2.75, 3.05) is 20.1 Å². The van der Waals surface area contributed by atoms with E-state index in [9.17, 15) is 9.59 Å². The lowest BCUT2D eigenvalue weighted by atomic mass is 9.84. The van der Waals surface area contributed by atoms with Gasteiger partial charge in [-0.1, -0.05) is 91.0 Å². The van der Waals surface area contributed by atoms with Crippen LogP contribution in [0.4, 0.5) is 4.79 Å². The van der Waals surface area contributed by atoms with Crippen LogP contribution in [0.2, 0.25) is 0 Å². The summed E-state index contributed by atoms with van der Waals surface area (Å²) in [5.74, 6) is 0.151. The van der Waals surface area contributed by atoms with Crippen LogP contribution in [0, 0.1) is 0 Å². The van der Waals surface area contributed by atoms with Gasteiger partial charge in [-0.3, -0.25) is 4.79 Å². The zero-order chi connectivity index (χ0) is 23.8. The first kappa shape index (κ1) is 23.6. The quantitative estimate of drug-likeness (QED) is 0.478. The van der Waals surface area contributed by atoms with Gasteiger partial charge in [0.1, 0.15) is 5.60 Å². The molecule has 3 aromatic rings. The monoisotopic (exact) mass is 456 g/mol. The third-order valence-corrected chi connectivity index (χ3v) is 6.55. The van der Waals surface area contributed by atoms with Gasteiger partial charge in [0.15, 0.2) is 0 Å². The van der Waals surface area contributed by atoms with E-state index < -0.39 is 5.60 Å². The first-order chi connectivity index (χ1) is 16.6. The van der Waals surface area contributed by atoms with Crippen LogP contribution in [0.5, 0.6) is 0 Å². The molecule has 0 spiro atoms. The molecule has 0 unspecified atom stereocenters. The summed E-state index contributed by atoms with van der Waals surface area (Å²) in [4.78, 5) is 29.5. The molecule has 1 saturated heterocycles.